The Hall–Kier alpha value is -1.58. The molecule has 0 saturated heterocycles. The average molecular weight is 294 g/mol. The first-order chi connectivity index (χ1) is 9.43. The highest BCUT2D eigenvalue weighted by Crippen LogP contribution is 2.33. The van der Waals surface area contributed by atoms with Crippen molar-refractivity contribution < 1.29 is 9.13 Å². The van der Waals surface area contributed by atoms with Crippen molar-refractivity contribution in [2.24, 2.45) is 5.73 Å². The summed E-state index contributed by atoms with van der Waals surface area (Å²) < 4.78 is 18.7. The summed E-state index contributed by atoms with van der Waals surface area (Å²) in [4.78, 5) is 0. The third kappa shape index (κ3) is 2.79. The van der Waals surface area contributed by atoms with Crippen molar-refractivity contribution in [2.45, 2.75) is 19.9 Å². The number of rotatable bonds is 3. The highest BCUT2D eigenvalue weighted by atomic mass is 35.5. The Morgan fingerprint density at radius 3 is 2.30 bits per heavy atom. The molecule has 0 spiro atoms. The first kappa shape index (κ1) is 14.8. The number of hydrogen-bond donors (Lipinski definition) is 1. The molecule has 0 bridgehead atoms. The zero-order valence-electron chi connectivity index (χ0n) is 11.7. The molecule has 0 aliphatic heterocycles. The van der Waals surface area contributed by atoms with Crippen LogP contribution in [0.1, 0.15) is 28.3 Å². The number of methoxy groups -OCH3 is 1. The molecule has 0 aliphatic rings. The van der Waals surface area contributed by atoms with Crippen LogP contribution in [0, 0.1) is 19.7 Å². The molecule has 106 valence electrons. The third-order valence-corrected chi connectivity index (χ3v) is 3.63. The van der Waals surface area contributed by atoms with Crippen LogP contribution in [0.3, 0.4) is 0 Å². The molecule has 0 amide bonds. The van der Waals surface area contributed by atoms with Gasteiger partial charge in [0.05, 0.1) is 13.2 Å². The molecule has 0 aliphatic carbocycles. The number of ether oxygens (including phenoxy) is 1. The Morgan fingerprint density at radius 2 is 1.75 bits per heavy atom. The van der Waals surface area contributed by atoms with Crippen LogP contribution in [-0.4, -0.2) is 7.11 Å². The fourth-order valence-corrected chi connectivity index (χ4v) is 2.70. The Labute approximate surface area is 123 Å². The van der Waals surface area contributed by atoms with Gasteiger partial charge in [0.1, 0.15) is 11.6 Å². The van der Waals surface area contributed by atoms with Crippen LogP contribution in [0.25, 0.3) is 0 Å². The van der Waals surface area contributed by atoms with E-state index in [1.807, 2.05) is 13.8 Å². The number of benzene rings is 2. The van der Waals surface area contributed by atoms with E-state index in [4.69, 9.17) is 22.1 Å². The molecule has 20 heavy (non-hydrogen) atoms. The van der Waals surface area contributed by atoms with E-state index >= 15 is 0 Å². The Kier molecular flexibility index (Phi) is 4.31. The quantitative estimate of drug-likeness (QED) is 0.922. The van der Waals surface area contributed by atoms with Gasteiger partial charge in [-0.25, -0.2) is 4.39 Å². The van der Waals surface area contributed by atoms with E-state index in [0.717, 1.165) is 22.3 Å². The maximum Gasteiger partial charge on any atom is 0.124 e. The van der Waals surface area contributed by atoms with Gasteiger partial charge in [0.2, 0.25) is 0 Å². The smallest absolute Gasteiger partial charge is 0.124 e. The predicted octanol–water partition coefficient (Wildman–Crippen LogP) is 4.15. The van der Waals surface area contributed by atoms with Gasteiger partial charge in [-0.3, -0.25) is 0 Å². The van der Waals surface area contributed by atoms with Gasteiger partial charge in [-0.15, -0.1) is 0 Å². The lowest BCUT2D eigenvalue weighted by Gasteiger charge is -2.20. The second-order valence-corrected chi connectivity index (χ2v) is 5.25. The largest absolute Gasteiger partial charge is 0.496 e. The van der Waals surface area contributed by atoms with E-state index in [-0.39, 0.29) is 5.82 Å². The van der Waals surface area contributed by atoms with Crippen LogP contribution in [-0.2, 0) is 0 Å². The van der Waals surface area contributed by atoms with Crippen molar-refractivity contribution in [3.8, 4) is 5.75 Å². The van der Waals surface area contributed by atoms with Crippen LogP contribution in [0.2, 0.25) is 5.02 Å². The van der Waals surface area contributed by atoms with Gasteiger partial charge in [-0.2, -0.15) is 0 Å². The van der Waals surface area contributed by atoms with Crippen LogP contribution in [0.15, 0.2) is 30.3 Å². The molecule has 2 aromatic rings. The van der Waals surface area contributed by atoms with Crippen molar-refractivity contribution in [2.75, 3.05) is 7.11 Å². The summed E-state index contributed by atoms with van der Waals surface area (Å²) in [5.74, 6) is 0.416. The maximum atomic E-state index is 13.4. The molecule has 0 aromatic heterocycles. The van der Waals surface area contributed by atoms with Crippen LogP contribution >= 0.6 is 11.6 Å². The standard InChI is InChI=1S/C16H17ClFNO/c1-9-6-12(18)7-10(2)15(9)16(19)13-8-11(17)4-5-14(13)20-3/h4-8,16H,19H2,1-3H3. The molecule has 4 heteroatoms. The van der Waals surface area contributed by atoms with E-state index in [1.54, 1.807) is 25.3 Å². The van der Waals surface area contributed by atoms with Crippen molar-refractivity contribution >= 4 is 11.6 Å². The van der Waals surface area contributed by atoms with Crippen molar-refractivity contribution in [1.29, 1.82) is 0 Å². The van der Waals surface area contributed by atoms with Crippen molar-refractivity contribution in [3.05, 3.63) is 63.4 Å². The minimum Gasteiger partial charge on any atom is -0.496 e. The fraction of sp³-hybridized carbons (Fsp3) is 0.250. The Balaban J connectivity index is 2.57. The lowest BCUT2D eigenvalue weighted by atomic mass is 9.91. The first-order valence-corrected chi connectivity index (χ1v) is 6.67. The van der Waals surface area contributed by atoms with E-state index in [9.17, 15) is 4.39 Å². The van der Waals surface area contributed by atoms with E-state index in [1.165, 1.54) is 12.1 Å². The summed E-state index contributed by atoms with van der Waals surface area (Å²) in [5.41, 5.74) is 9.67. The van der Waals surface area contributed by atoms with E-state index in [2.05, 4.69) is 0 Å². The van der Waals surface area contributed by atoms with Gasteiger partial charge >= 0.3 is 0 Å². The lowest BCUT2D eigenvalue weighted by molar-refractivity contribution is 0.408. The minimum absolute atomic E-state index is 0.256. The molecule has 0 fully saturated rings. The normalized spacial score (nSPS) is 12.3. The fourth-order valence-electron chi connectivity index (χ4n) is 2.52. The third-order valence-electron chi connectivity index (χ3n) is 3.40. The monoisotopic (exact) mass is 293 g/mol. The average Bonchev–Trinajstić information content (AvgIpc) is 2.37. The van der Waals surface area contributed by atoms with E-state index < -0.39 is 6.04 Å². The van der Waals surface area contributed by atoms with Gasteiger partial charge in [-0.1, -0.05) is 11.6 Å². The molecule has 1 atom stereocenters. The highest BCUT2D eigenvalue weighted by Gasteiger charge is 2.19. The number of hydrogen-bond acceptors (Lipinski definition) is 2. The van der Waals surface area contributed by atoms with Crippen LogP contribution in [0.5, 0.6) is 5.75 Å². The van der Waals surface area contributed by atoms with Gasteiger partial charge in [-0.05, 0) is 60.9 Å². The highest BCUT2D eigenvalue weighted by molar-refractivity contribution is 6.30. The number of aryl methyl sites for hydroxylation is 2. The summed E-state index contributed by atoms with van der Waals surface area (Å²) >= 11 is 6.04. The number of nitrogens with two attached hydrogens (primary N) is 1. The summed E-state index contributed by atoms with van der Waals surface area (Å²) in [6, 6.07) is 7.88. The second kappa shape index (κ2) is 5.81. The molecule has 2 aromatic carbocycles. The molecule has 0 radical (unpaired) electrons. The van der Waals surface area contributed by atoms with Crippen LogP contribution < -0.4 is 10.5 Å². The molecular weight excluding hydrogens is 277 g/mol. The molecular formula is C16H17ClFNO. The topological polar surface area (TPSA) is 35.2 Å². The first-order valence-electron chi connectivity index (χ1n) is 6.29. The zero-order chi connectivity index (χ0) is 14.9. The molecule has 0 saturated carbocycles. The molecule has 2 nitrogen and oxygen atoms in total. The van der Waals surface area contributed by atoms with Crippen molar-refractivity contribution in [3.63, 3.8) is 0 Å². The molecule has 2 rings (SSSR count). The zero-order valence-corrected chi connectivity index (χ0v) is 12.5. The summed E-state index contributed by atoms with van der Waals surface area (Å²) in [5, 5.41) is 0.591. The van der Waals surface area contributed by atoms with Gasteiger partial charge in [0, 0.05) is 10.6 Å². The second-order valence-electron chi connectivity index (χ2n) is 4.82. The van der Waals surface area contributed by atoms with Gasteiger partial charge in [0.15, 0.2) is 0 Å². The van der Waals surface area contributed by atoms with Gasteiger partial charge < -0.3 is 10.5 Å². The molecule has 0 heterocycles. The summed E-state index contributed by atoms with van der Waals surface area (Å²) in [6.07, 6.45) is 0. The van der Waals surface area contributed by atoms with Crippen LogP contribution in [0.4, 0.5) is 4.39 Å². The summed E-state index contributed by atoms with van der Waals surface area (Å²) in [6.45, 7) is 3.70. The van der Waals surface area contributed by atoms with E-state index in [0.29, 0.717) is 10.8 Å². The Morgan fingerprint density at radius 1 is 1.15 bits per heavy atom. The Bertz CT molecular complexity index is 619. The number of halogens is 2. The maximum absolute atomic E-state index is 13.4. The summed E-state index contributed by atoms with van der Waals surface area (Å²) in [7, 11) is 1.59. The lowest BCUT2D eigenvalue weighted by Crippen LogP contribution is -2.16. The predicted molar refractivity (Wildman–Crippen MR) is 79.9 cm³/mol. The molecule has 1 unspecified atom stereocenters. The molecule has 2 N–H and O–H groups in total. The minimum atomic E-state index is -0.413. The van der Waals surface area contributed by atoms with Gasteiger partial charge in [0.25, 0.3) is 0 Å². The SMILES string of the molecule is COc1ccc(Cl)cc1C(N)c1c(C)cc(F)cc1C. The van der Waals surface area contributed by atoms with Crippen molar-refractivity contribution in [1.82, 2.24) is 0 Å².